The first-order valence-corrected chi connectivity index (χ1v) is 6.52. The summed E-state index contributed by atoms with van der Waals surface area (Å²) in [6.07, 6.45) is 4.56. The van der Waals surface area contributed by atoms with Gasteiger partial charge in [0.1, 0.15) is 0 Å². The van der Waals surface area contributed by atoms with Crippen molar-refractivity contribution in [2.24, 2.45) is 7.05 Å². The lowest BCUT2D eigenvalue weighted by Crippen LogP contribution is -2.25. The Morgan fingerprint density at radius 2 is 2.11 bits per heavy atom. The summed E-state index contributed by atoms with van der Waals surface area (Å²) in [4.78, 5) is 11.4. The molecule has 3 nitrogen and oxygen atoms in total. The van der Waals surface area contributed by atoms with Crippen LogP contribution in [0.1, 0.15) is 25.3 Å². The van der Waals surface area contributed by atoms with E-state index in [0.29, 0.717) is 13.0 Å². The van der Waals surface area contributed by atoms with Gasteiger partial charge in [0.25, 0.3) is 0 Å². The lowest BCUT2D eigenvalue weighted by Gasteiger charge is -2.03. The molecular weight excluding hydrogens is 224 g/mol. The predicted octanol–water partition coefficient (Wildman–Crippen LogP) is 2.64. The molecule has 0 bridgehead atoms. The molecule has 1 amide bonds. The second kappa shape index (κ2) is 5.71. The van der Waals surface area contributed by atoms with Crippen LogP contribution in [0.5, 0.6) is 0 Å². The molecule has 0 saturated carbocycles. The van der Waals surface area contributed by atoms with Crippen molar-refractivity contribution in [1.29, 1.82) is 0 Å². The molecule has 0 spiro atoms. The maximum atomic E-state index is 11.4. The minimum Gasteiger partial charge on any atom is -0.356 e. The molecule has 1 aromatic carbocycles. The number of nitrogens with zero attached hydrogens (tertiary/aromatic N) is 1. The van der Waals surface area contributed by atoms with Crippen LogP contribution in [0.15, 0.2) is 30.5 Å². The van der Waals surface area contributed by atoms with E-state index < -0.39 is 0 Å². The van der Waals surface area contributed by atoms with Crippen LogP contribution in [0.4, 0.5) is 0 Å². The molecule has 1 N–H and O–H groups in total. The molecule has 1 heterocycles. The molecular formula is C15H20N2O. The Morgan fingerprint density at radius 3 is 2.89 bits per heavy atom. The van der Waals surface area contributed by atoms with Gasteiger partial charge in [-0.1, -0.05) is 25.1 Å². The first-order chi connectivity index (χ1) is 8.72. The Bertz CT molecular complexity index is 542. The molecule has 0 atom stereocenters. The first-order valence-electron chi connectivity index (χ1n) is 6.52. The fraction of sp³-hybridized carbons (Fsp3) is 0.400. The molecule has 96 valence electrons. The van der Waals surface area contributed by atoms with Crippen LogP contribution >= 0.6 is 0 Å². The number of hydrogen-bond donors (Lipinski definition) is 1. The molecule has 0 aliphatic heterocycles. The van der Waals surface area contributed by atoms with Crippen LogP contribution in [0.3, 0.4) is 0 Å². The number of hydrogen-bond acceptors (Lipinski definition) is 1. The number of fused-ring (bicyclic) bond motifs is 1. The zero-order valence-corrected chi connectivity index (χ0v) is 11.1. The summed E-state index contributed by atoms with van der Waals surface area (Å²) in [6, 6.07) is 8.36. The maximum Gasteiger partial charge on any atom is 0.219 e. The number of benzene rings is 1. The van der Waals surface area contributed by atoms with Gasteiger partial charge in [-0.25, -0.2) is 0 Å². The molecule has 2 rings (SSSR count). The van der Waals surface area contributed by atoms with Gasteiger partial charge in [-0.05, 0) is 24.5 Å². The summed E-state index contributed by atoms with van der Waals surface area (Å²) in [7, 11) is 2.06. The quantitative estimate of drug-likeness (QED) is 0.862. The Morgan fingerprint density at radius 1 is 1.33 bits per heavy atom. The molecule has 0 aliphatic carbocycles. The van der Waals surface area contributed by atoms with E-state index >= 15 is 0 Å². The van der Waals surface area contributed by atoms with Crippen molar-refractivity contribution in [2.75, 3.05) is 6.54 Å². The average molecular weight is 244 g/mol. The molecule has 1 aromatic heterocycles. The average Bonchev–Trinajstić information content (AvgIpc) is 2.68. The van der Waals surface area contributed by atoms with E-state index in [1.807, 2.05) is 6.92 Å². The van der Waals surface area contributed by atoms with Crippen molar-refractivity contribution in [2.45, 2.75) is 26.2 Å². The molecule has 2 aromatic rings. The number of carbonyl (C=O) groups is 1. The van der Waals surface area contributed by atoms with Gasteiger partial charge >= 0.3 is 0 Å². The zero-order chi connectivity index (χ0) is 13.0. The standard InChI is InChI=1S/C15H20N2O/c1-3-6-15(18)16-10-9-12-11-17(2)14-8-5-4-7-13(12)14/h4-5,7-8,11H,3,6,9-10H2,1-2H3,(H,16,18). The molecule has 0 unspecified atom stereocenters. The highest BCUT2D eigenvalue weighted by atomic mass is 16.1. The van der Waals surface area contributed by atoms with Gasteiger partial charge in [-0.2, -0.15) is 0 Å². The van der Waals surface area contributed by atoms with Crippen molar-refractivity contribution < 1.29 is 4.79 Å². The molecule has 0 saturated heterocycles. The second-order valence-electron chi connectivity index (χ2n) is 4.63. The highest BCUT2D eigenvalue weighted by molar-refractivity contribution is 5.84. The fourth-order valence-electron chi connectivity index (χ4n) is 2.28. The van der Waals surface area contributed by atoms with Crippen molar-refractivity contribution in [1.82, 2.24) is 9.88 Å². The maximum absolute atomic E-state index is 11.4. The van der Waals surface area contributed by atoms with Crippen LogP contribution in [-0.2, 0) is 18.3 Å². The minimum atomic E-state index is 0.151. The van der Waals surface area contributed by atoms with Crippen LogP contribution in [-0.4, -0.2) is 17.0 Å². The minimum absolute atomic E-state index is 0.151. The zero-order valence-electron chi connectivity index (χ0n) is 11.1. The van der Waals surface area contributed by atoms with Crippen molar-refractivity contribution in [3.63, 3.8) is 0 Å². The van der Waals surface area contributed by atoms with Gasteiger partial charge < -0.3 is 9.88 Å². The van der Waals surface area contributed by atoms with E-state index in [9.17, 15) is 4.79 Å². The Balaban J connectivity index is 2.02. The highest BCUT2D eigenvalue weighted by Gasteiger charge is 2.06. The van der Waals surface area contributed by atoms with E-state index in [1.165, 1.54) is 16.5 Å². The summed E-state index contributed by atoms with van der Waals surface area (Å²) >= 11 is 0. The third kappa shape index (κ3) is 2.73. The number of rotatable bonds is 5. The van der Waals surface area contributed by atoms with Gasteiger partial charge in [0.05, 0.1) is 0 Å². The molecule has 0 radical (unpaired) electrons. The predicted molar refractivity (Wildman–Crippen MR) is 74.5 cm³/mol. The molecule has 18 heavy (non-hydrogen) atoms. The van der Waals surface area contributed by atoms with Gasteiger partial charge in [0, 0.05) is 37.1 Å². The van der Waals surface area contributed by atoms with E-state index in [1.54, 1.807) is 0 Å². The lowest BCUT2D eigenvalue weighted by atomic mass is 10.1. The molecule has 0 aliphatic rings. The van der Waals surface area contributed by atoms with Gasteiger partial charge in [-0.15, -0.1) is 0 Å². The first kappa shape index (κ1) is 12.7. The summed E-state index contributed by atoms with van der Waals surface area (Å²) in [6.45, 7) is 2.73. The lowest BCUT2D eigenvalue weighted by molar-refractivity contribution is -0.121. The monoisotopic (exact) mass is 244 g/mol. The van der Waals surface area contributed by atoms with E-state index in [-0.39, 0.29) is 5.91 Å². The van der Waals surface area contributed by atoms with Crippen LogP contribution in [0.2, 0.25) is 0 Å². The van der Waals surface area contributed by atoms with Gasteiger partial charge in [-0.3, -0.25) is 4.79 Å². The number of nitrogens with one attached hydrogen (secondary N) is 1. The number of para-hydroxylation sites is 1. The van der Waals surface area contributed by atoms with E-state index in [2.05, 4.69) is 47.4 Å². The topological polar surface area (TPSA) is 34.0 Å². The highest BCUT2D eigenvalue weighted by Crippen LogP contribution is 2.20. The summed E-state index contributed by atoms with van der Waals surface area (Å²) < 4.78 is 2.14. The van der Waals surface area contributed by atoms with E-state index in [0.717, 1.165) is 12.8 Å². The largest absolute Gasteiger partial charge is 0.356 e. The third-order valence-electron chi connectivity index (χ3n) is 3.17. The third-order valence-corrected chi connectivity index (χ3v) is 3.17. The number of amides is 1. The number of aryl methyl sites for hydroxylation is 1. The van der Waals surface area contributed by atoms with Gasteiger partial charge in [0.2, 0.25) is 5.91 Å². The van der Waals surface area contributed by atoms with Crippen LogP contribution < -0.4 is 5.32 Å². The summed E-state index contributed by atoms with van der Waals surface area (Å²) in [5, 5.41) is 4.24. The van der Waals surface area contributed by atoms with Crippen LogP contribution in [0.25, 0.3) is 10.9 Å². The molecule has 3 heteroatoms. The second-order valence-corrected chi connectivity index (χ2v) is 4.63. The van der Waals surface area contributed by atoms with Crippen molar-refractivity contribution >= 4 is 16.8 Å². The smallest absolute Gasteiger partial charge is 0.219 e. The Hall–Kier alpha value is -1.77. The Kier molecular flexibility index (Phi) is 4.03. The molecule has 0 fully saturated rings. The Labute approximate surface area is 108 Å². The van der Waals surface area contributed by atoms with E-state index in [4.69, 9.17) is 0 Å². The number of aromatic nitrogens is 1. The van der Waals surface area contributed by atoms with Crippen LogP contribution in [0, 0.1) is 0 Å². The van der Waals surface area contributed by atoms with Gasteiger partial charge in [0.15, 0.2) is 0 Å². The summed E-state index contributed by atoms with van der Waals surface area (Å²) in [5.41, 5.74) is 2.54. The SMILES string of the molecule is CCCC(=O)NCCc1cn(C)c2ccccc12. The summed E-state index contributed by atoms with van der Waals surface area (Å²) in [5.74, 6) is 0.151. The number of carbonyl (C=O) groups excluding carboxylic acids is 1. The fourth-order valence-corrected chi connectivity index (χ4v) is 2.28. The normalized spacial score (nSPS) is 10.8. The van der Waals surface area contributed by atoms with Crippen molar-refractivity contribution in [3.8, 4) is 0 Å². The van der Waals surface area contributed by atoms with Crippen molar-refractivity contribution in [3.05, 3.63) is 36.0 Å².